The van der Waals surface area contributed by atoms with Gasteiger partial charge in [0.1, 0.15) is 5.82 Å². The zero-order valence-electron chi connectivity index (χ0n) is 18.5. The Morgan fingerprint density at radius 2 is 2.09 bits per heavy atom. The Labute approximate surface area is 207 Å². The molecule has 1 aliphatic heterocycles. The van der Waals surface area contributed by atoms with E-state index in [-0.39, 0.29) is 36.4 Å². The number of nitrogens with two attached hydrogens (primary N) is 1. The highest BCUT2D eigenvalue weighted by atomic mass is 35.5. The number of carbonyl (C=O) groups excluding carboxylic acids is 1. The molecular formula is C23H26Cl2FN5O3. The van der Waals surface area contributed by atoms with E-state index in [2.05, 4.69) is 32.4 Å². The number of hydrogen-bond donors (Lipinski definition) is 3. The normalized spacial score (nSPS) is 13.6. The van der Waals surface area contributed by atoms with Crippen molar-refractivity contribution in [3.63, 3.8) is 0 Å². The van der Waals surface area contributed by atoms with Crippen LogP contribution in [0.25, 0.3) is 0 Å². The van der Waals surface area contributed by atoms with E-state index >= 15 is 0 Å². The summed E-state index contributed by atoms with van der Waals surface area (Å²) in [6.45, 7) is 4.87. The highest BCUT2D eigenvalue weighted by Gasteiger charge is 2.12. The third-order valence-electron chi connectivity index (χ3n) is 5.02. The Balaban J connectivity index is 1.43. The lowest BCUT2D eigenvalue weighted by Gasteiger charge is -2.26. The van der Waals surface area contributed by atoms with Crippen LogP contribution >= 0.6 is 23.2 Å². The second-order valence-corrected chi connectivity index (χ2v) is 8.18. The molecule has 2 aromatic rings. The molecule has 0 radical (unpaired) electrons. The van der Waals surface area contributed by atoms with Gasteiger partial charge in [-0.15, -0.1) is 0 Å². The maximum atomic E-state index is 13.6. The molecule has 11 heteroatoms. The van der Waals surface area contributed by atoms with Crippen molar-refractivity contribution in [2.45, 2.75) is 6.42 Å². The fraction of sp³-hybridized carbons (Fsp3) is 0.391. The number of nitrogens with one attached hydrogen (secondary N) is 2. The molecule has 1 aromatic carbocycles. The van der Waals surface area contributed by atoms with Gasteiger partial charge in [0.15, 0.2) is 11.6 Å². The molecule has 34 heavy (non-hydrogen) atoms. The Morgan fingerprint density at radius 3 is 2.88 bits per heavy atom. The Bertz CT molecular complexity index is 1050. The minimum Gasteiger partial charge on any atom is -0.489 e. The highest BCUT2D eigenvalue weighted by molar-refractivity contribution is 6.36. The zero-order valence-corrected chi connectivity index (χ0v) is 20.0. The number of pyridine rings is 1. The number of anilines is 1. The zero-order chi connectivity index (χ0) is 24.3. The molecule has 1 saturated heterocycles. The van der Waals surface area contributed by atoms with Gasteiger partial charge in [-0.05, 0) is 17.7 Å². The molecule has 0 atom stereocenters. The summed E-state index contributed by atoms with van der Waals surface area (Å²) in [6, 6.07) is 4.02. The summed E-state index contributed by atoms with van der Waals surface area (Å²) in [6.07, 6.45) is 1.80. The van der Waals surface area contributed by atoms with Crippen LogP contribution in [0.15, 0.2) is 24.4 Å². The lowest BCUT2D eigenvalue weighted by Crippen LogP contribution is -2.43. The van der Waals surface area contributed by atoms with E-state index in [1.54, 1.807) is 6.07 Å². The van der Waals surface area contributed by atoms with Gasteiger partial charge in [0.05, 0.1) is 31.4 Å². The second kappa shape index (κ2) is 13.2. The minimum atomic E-state index is -0.543. The van der Waals surface area contributed by atoms with Crippen LogP contribution in [0, 0.1) is 17.7 Å². The van der Waals surface area contributed by atoms with Gasteiger partial charge in [-0.2, -0.15) is 0 Å². The number of halogens is 3. The number of hydrogen-bond acceptors (Lipinski definition) is 6. The summed E-state index contributed by atoms with van der Waals surface area (Å²) in [5, 5.41) is 5.82. The summed E-state index contributed by atoms with van der Waals surface area (Å²) < 4.78 is 24.6. The molecule has 0 unspecified atom stereocenters. The van der Waals surface area contributed by atoms with Crippen LogP contribution in [0.4, 0.5) is 15.0 Å². The molecule has 1 aliphatic rings. The molecule has 0 bridgehead atoms. The van der Waals surface area contributed by atoms with Gasteiger partial charge in [0.2, 0.25) is 0 Å². The number of nitrogen functional groups attached to an aromatic ring is 1. The van der Waals surface area contributed by atoms with E-state index < -0.39 is 5.82 Å². The topological polar surface area (TPSA) is 102 Å². The maximum absolute atomic E-state index is 13.6. The first-order valence-electron chi connectivity index (χ1n) is 10.8. The van der Waals surface area contributed by atoms with E-state index in [1.807, 2.05) is 0 Å². The Hall–Kier alpha value is -2.77. The van der Waals surface area contributed by atoms with Crippen LogP contribution in [0.2, 0.25) is 10.0 Å². The van der Waals surface area contributed by atoms with E-state index in [1.165, 1.54) is 18.3 Å². The molecule has 4 N–H and O–H groups in total. The van der Waals surface area contributed by atoms with Gasteiger partial charge in [0.25, 0.3) is 0 Å². The third kappa shape index (κ3) is 7.92. The van der Waals surface area contributed by atoms with Gasteiger partial charge < -0.3 is 25.8 Å². The van der Waals surface area contributed by atoms with Crippen molar-refractivity contribution in [1.82, 2.24) is 20.5 Å². The van der Waals surface area contributed by atoms with Crippen molar-refractivity contribution in [2.75, 3.05) is 58.3 Å². The van der Waals surface area contributed by atoms with Gasteiger partial charge >= 0.3 is 6.03 Å². The van der Waals surface area contributed by atoms with Gasteiger partial charge in [-0.1, -0.05) is 35.0 Å². The van der Waals surface area contributed by atoms with Crippen LogP contribution < -0.4 is 21.1 Å². The maximum Gasteiger partial charge on any atom is 0.315 e. The fourth-order valence-electron chi connectivity index (χ4n) is 3.19. The Morgan fingerprint density at radius 1 is 1.29 bits per heavy atom. The van der Waals surface area contributed by atoms with Gasteiger partial charge in [-0.25, -0.2) is 14.2 Å². The highest BCUT2D eigenvalue weighted by Crippen LogP contribution is 2.28. The van der Waals surface area contributed by atoms with Crippen molar-refractivity contribution in [3.05, 3.63) is 51.4 Å². The molecule has 3 rings (SSSR count). The summed E-state index contributed by atoms with van der Waals surface area (Å²) >= 11 is 12.1. The van der Waals surface area contributed by atoms with Crippen molar-refractivity contribution in [2.24, 2.45) is 0 Å². The quantitative estimate of drug-likeness (QED) is 0.373. The minimum absolute atomic E-state index is 0.0283. The first-order valence-corrected chi connectivity index (χ1v) is 11.5. The van der Waals surface area contributed by atoms with Crippen LogP contribution in [-0.2, 0) is 11.2 Å². The number of morpholine rings is 1. The number of nitrogens with zero attached hydrogens (tertiary/aromatic N) is 2. The summed E-state index contributed by atoms with van der Waals surface area (Å²) in [4.78, 5) is 18.2. The first kappa shape index (κ1) is 25.8. The number of benzene rings is 1. The molecule has 1 fully saturated rings. The largest absolute Gasteiger partial charge is 0.489 e. The van der Waals surface area contributed by atoms with Crippen LogP contribution in [-0.4, -0.2) is 68.5 Å². The van der Waals surface area contributed by atoms with E-state index in [0.29, 0.717) is 28.4 Å². The monoisotopic (exact) mass is 509 g/mol. The standard InChI is InChI=1S/C23H26Cl2FN5O3/c24-18-3-4-19(26)21(25)17(18)5-11-34-20-14-16(15-30-22(20)27)2-1-6-28-23(32)29-7-8-31-9-12-33-13-10-31/h3-4,14-15H,5-13H2,(H2,27,30)(H2,28,29,32). The van der Waals surface area contributed by atoms with E-state index in [4.69, 9.17) is 38.4 Å². The smallest absolute Gasteiger partial charge is 0.315 e. The predicted molar refractivity (Wildman–Crippen MR) is 130 cm³/mol. The number of amides is 2. The average Bonchev–Trinajstić information content (AvgIpc) is 2.84. The summed E-state index contributed by atoms with van der Waals surface area (Å²) in [5.41, 5.74) is 6.90. The molecule has 2 amide bonds. The molecule has 0 aliphatic carbocycles. The summed E-state index contributed by atoms with van der Waals surface area (Å²) in [5.74, 6) is 5.75. The molecule has 1 aromatic heterocycles. The van der Waals surface area contributed by atoms with E-state index in [0.717, 1.165) is 32.8 Å². The third-order valence-corrected chi connectivity index (χ3v) is 5.78. The Kier molecular flexibility index (Phi) is 10.0. The van der Waals surface area contributed by atoms with Crippen LogP contribution in [0.1, 0.15) is 11.1 Å². The molecule has 8 nitrogen and oxygen atoms in total. The number of urea groups is 1. The van der Waals surface area contributed by atoms with Gasteiger partial charge in [-0.3, -0.25) is 4.90 Å². The molecule has 0 spiro atoms. The first-order chi connectivity index (χ1) is 16.4. The van der Waals surface area contributed by atoms with Crippen LogP contribution in [0.3, 0.4) is 0 Å². The van der Waals surface area contributed by atoms with Crippen molar-refractivity contribution in [3.8, 4) is 17.6 Å². The van der Waals surface area contributed by atoms with Crippen molar-refractivity contribution >= 4 is 35.1 Å². The van der Waals surface area contributed by atoms with E-state index in [9.17, 15) is 9.18 Å². The van der Waals surface area contributed by atoms with Crippen molar-refractivity contribution < 1.29 is 18.7 Å². The fourth-order valence-corrected chi connectivity index (χ4v) is 3.75. The number of aromatic nitrogens is 1. The number of ether oxygens (including phenoxy) is 2. The molecule has 182 valence electrons. The lowest BCUT2D eigenvalue weighted by atomic mass is 10.1. The SMILES string of the molecule is Nc1ncc(C#CCNC(=O)NCCN2CCOCC2)cc1OCCc1c(Cl)ccc(F)c1Cl. The van der Waals surface area contributed by atoms with Crippen LogP contribution in [0.5, 0.6) is 5.75 Å². The van der Waals surface area contributed by atoms with Crippen molar-refractivity contribution in [1.29, 1.82) is 0 Å². The molecular weight excluding hydrogens is 484 g/mol. The second-order valence-electron chi connectivity index (χ2n) is 7.39. The van der Waals surface area contributed by atoms with Gasteiger partial charge in [0, 0.05) is 55.4 Å². The number of carbonyl (C=O) groups is 1. The lowest BCUT2D eigenvalue weighted by molar-refractivity contribution is 0.0387. The molecule has 2 heterocycles. The average molecular weight is 510 g/mol. The summed E-state index contributed by atoms with van der Waals surface area (Å²) in [7, 11) is 0. The number of rotatable bonds is 8. The predicted octanol–water partition coefficient (Wildman–Crippen LogP) is 2.71. The molecule has 0 saturated carbocycles.